The second-order valence-electron chi connectivity index (χ2n) is 5.04. The molecule has 18 heavy (non-hydrogen) atoms. The van der Waals surface area contributed by atoms with Gasteiger partial charge < -0.3 is 5.32 Å². The molecule has 1 aliphatic rings. The van der Waals surface area contributed by atoms with Crippen LogP contribution in [-0.4, -0.2) is 18.1 Å². The fourth-order valence-corrected chi connectivity index (χ4v) is 3.17. The molecular formula is C15H17BrN2. The quantitative estimate of drug-likeness (QED) is 0.867. The van der Waals surface area contributed by atoms with Crippen molar-refractivity contribution in [3.8, 4) is 0 Å². The average Bonchev–Trinajstić information content (AvgIpc) is 2.39. The van der Waals surface area contributed by atoms with Crippen LogP contribution in [0.2, 0.25) is 0 Å². The summed E-state index contributed by atoms with van der Waals surface area (Å²) < 4.78 is 1.12. The number of aromatic nitrogens is 1. The molecule has 0 aliphatic carbocycles. The van der Waals surface area contributed by atoms with Gasteiger partial charge in [-0.05, 0) is 62.1 Å². The summed E-state index contributed by atoms with van der Waals surface area (Å²) in [7, 11) is 0. The third-order valence-electron chi connectivity index (χ3n) is 3.74. The zero-order valence-electron chi connectivity index (χ0n) is 10.5. The second kappa shape index (κ2) is 4.98. The van der Waals surface area contributed by atoms with E-state index in [2.05, 4.69) is 52.4 Å². The third-order valence-corrected chi connectivity index (χ3v) is 4.24. The number of benzene rings is 1. The zero-order chi connectivity index (χ0) is 12.5. The maximum absolute atomic E-state index is 4.74. The van der Waals surface area contributed by atoms with Crippen LogP contribution in [0.3, 0.4) is 0 Å². The fraction of sp³-hybridized carbons (Fsp3) is 0.400. The highest BCUT2D eigenvalue weighted by Crippen LogP contribution is 2.29. The van der Waals surface area contributed by atoms with Gasteiger partial charge in [0.05, 0.1) is 5.52 Å². The summed E-state index contributed by atoms with van der Waals surface area (Å²) in [5, 5.41) is 4.71. The molecular weight excluding hydrogens is 288 g/mol. The zero-order valence-corrected chi connectivity index (χ0v) is 12.1. The molecule has 0 radical (unpaired) electrons. The molecule has 1 saturated heterocycles. The number of fused-ring (bicyclic) bond motifs is 1. The summed E-state index contributed by atoms with van der Waals surface area (Å²) in [6, 6.07) is 8.60. The van der Waals surface area contributed by atoms with Gasteiger partial charge in [-0.3, -0.25) is 4.98 Å². The molecule has 94 valence electrons. The summed E-state index contributed by atoms with van der Waals surface area (Å²) >= 11 is 3.53. The molecule has 3 rings (SSSR count). The minimum atomic E-state index is 0.620. The Kier molecular flexibility index (Phi) is 3.35. The van der Waals surface area contributed by atoms with Gasteiger partial charge in [-0.2, -0.15) is 0 Å². The van der Waals surface area contributed by atoms with E-state index in [1.165, 1.54) is 29.5 Å². The van der Waals surface area contributed by atoms with Gasteiger partial charge in [-0.15, -0.1) is 0 Å². The van der Waals surface area contributed by atoms with Gasteiger partial charge in [0.1, 0.15) is 0 Å². The highest BCUT2D eigenvalue weighted by Gasteiger charge is 2.18. The van der Waals surface area contributed by atoms with Crippen molar-refractivity contribution in [2.75, 3.05) is 13.1 Å². The highest BCUT2D eigenvalue weighted by atomic mass is 79.9. The van der Waals surface area contributed by atoms with E-state index in [0.29, 0.717) is 5.92 Å². The number of hydrogen-bond acceptors (Lipinski definition) is 2. The molecule has 1 aromatic carbocycles. The minimum Gasteiger partial charge on any atom is -0.316 e. The van der Waals surface area contributed by atoms with Crippen molar-refractivity contribution in [1.29, 1.82) is 0 Å². The van der Waals surface area contributed by atoms with E-state index < -0.39 is 0 Å². The Morgan fingerprint density at radius 1 is 1.33 bits per heavy atom. The van der Waals surface area contributed by atoms with Gasteiger partial charge in [0.15, 0.2) is 0 Å². The number of halogens is 1. The highest BCUT2D eigenvalue weighted by molar-refractivity contribution is 9.10. The Balaban J connectivity index is 2.07. The Hall–Kier alpha value is -0.930. The minimum absolute atomic E-state index is 0.620. The first kappa shape index (κ1) is 12.1. The van der Waals surface area contributed by atoms with E-state index >= 15 is 0 Å². The van der Waals surface area contributed by atoms with E-state index in [9.17, 15) is 0 Å². The van der Waals surface area contributed by atoms with Crippen molar-refractivity contribution in [3.63, 3.8) is 0 Å². The second-order valence-corrected chi connectivity index (χ2v) is 5.96. The van der Waals surface area contributed by atoms with Crippen molar-refractivity contribution < 1.29 is 0 Å². The monoisotopic (exact) mass is 304 g/mol. The Morgan fingerprint density at radius 3 is 3.00 bits per heavy atom. The van der Waals surface area contributed by atoms with E-state index in [4.69, 9.17) is 4.98 Å². The lowest BCUT2D eigenvalue weighted by Crippen LogP contribution is -2.28. The molecule has 0 saturated carbocycles. The SMILES string of the molecule is Cc1nc2ccc(Br)cc2cc1C1CCCNC1. The van der Waals surface area contributed by atoms with E-state index in [-0.39, 0.29) is 0 Å². The van der Waals surface area contributed by atoms with Crippen LogP contribution in [0.1, 0.15) is 30.0 Å². The van der Waals surface area contributed by atoms with Crippen molar-refractivity contribution in [3.05, 3.63) is 40.0 Å². The number of hydrogen-bond donors (Lipinski definition) is 1. The summed E-state index contributed by atoms with van der Waals surface area (Å²) in [5.41, 5.74) is 3.68. The number of aryl methyl sites for hydroxylation is 1. The van der Waals surface area contributed by atoms with E-state index in [1.807, 2.05) is 0 Å². The number of nitrogens with zero attached hydrogens (tertiary/aromatic N) is 1. The molecule has 1 unspecified atom stereocenters. The number of rotatable bonds is 1. The standard InChI is InChI=1S/C15H17BrN2/c1-10-14(11-3-2-6-17-9-11)8-12-7-13(16)4-5-15(12)18-10/h4-5,7-8,11,17H,2-3,6,9H2,1H3. The number of nitrogens with one attached hydrogen (secondary N) is 1. The molecule has 2 heterocycles. The Bertz CT molecular complexity index is 574. The molecule has 3 heteroatoms. The maximum Gasteiger partial charge on any atom is 0.0706 e. The van der Waals surface area contributed by atoms with E-state index in [1.54, 1.807) is 0 Å². The van der Waals surface area contributed by atoms with Crippen LogP contribution in [0.15, 0.2) is 28.7 Å². The van der Waals surface area contributed by atoms with Gasteiger partial charge in [0.2, 0.25) is 0 Å². The lowest BCUT2D eigenvalue weighted by Gasteiger charge is -2.24. The first-order valence-corrected chi connectivity index (χ1v) is 7.31. The summed E-state index contributed by atoms with van der Waals surface area (Å²) in [6.45, 7) is 4.37. The average molecular weight is 305 g/mol. The van der Waals surface area contributed by atoms with Crippen LogP contribution in [0.4, 0.5) is 0 Å². The predicted molar refractivity (Wildman–Crippen MR) is 79.0 cm³/mol. The molecule has 2 aromatic rings. The Morgan fingerprint density at radius 2 is 2.22 bits per heavy atom. The van der Waals surface area contributed by atoms with Gasteiger partial charge in [0, 0.05) is 22.1 Å². The molecule has 1 atom stereocenters. The molecule has 1 fully saturated rings. The largest absolute Gasteiger partial charge is 0.316 e. The van der Waals surface area contributed by atoms with E-state index in [0.717, 1.165) is 23.1 Å². The smallest absolute Gasteiger partial charge is 0.0706 e. The normalized spacial score (nSPS) is 20.2. The first-order valence-electron chi connectivity index (χ1n) is 6.51. The number of pyridine rings is 1. The summed E-state index contributed by atoms with van der Waals surface area (Å²) in [6.07, 6.45) is 2.54. The molecule has 1 aliphatic heterocycles. The van der Waals surface area contributed by atoms with Crippen molar-refractivity contribution in [2.24, 2.45) is 0 Å². The van der Waals surface area contributed by atoms with Crippen molar-refractivity contribution in [1.82, 2.24) is 10.3 Å². The fourth-order valence-electron chi connectivity index (χ4n) is 2.79. The third kappa shape index (κ3) is 2.29. The lowest BCUT2D eigenvalue weighted by atomic mass is 9.90. The molecule has 0 bridgehead atoms. The van der Waals surface area contributed by atoms with Crippen LogP contribution < -0.4 is 5.32 Å². The maximum atomic E-state index is 4.74. The van der Waals surface area contributed by atoms with Gasteiger partial charge in [0.25, 0.3) is 0 Å². The van der Waals surface area contributed by atoms with Crippen LogP contribution in [-0.2, 0) is 0 Å². The van der Waals surface area contributed by atoms with Gasteiger partial charge in [-0.1, -0.05) is 15.9 Å². The van der Waals surface area contributed by atoms with Crippen LogP contribution in [0, 0.1) is 6.92 Å². The summed E-state index contributed by atoms with van der Waals surface area (Å²) in [5.74, 6) is 0.620. The van der Waals surface area contributed by atoms with Crippen molar-refractivity contribution >= 4 is 26.8 Å². The predicted octanol–water partition coefficient (Wildman–Crippen LogP) is 3.77. The number of piperidine rings is 1. The summed E-state index contributed by atoms with van der Waals surface area (Å²) in [4.78, 5) is 4.74. The topological polar surface area (TPSA) is 24.9 Å². The molecule has 0 spiro atoms. The first-order chi connectivity index (χ1) is 8.74. The Labute approximate surface area is 116 Å². The van der Waals surface area contributed by atoms with Crippen LogP contribution >= 0.6 is 15.9 Å². The molecule has 1 N–H and O–H groups in total. The van der Waals surface area contributed by atoms with Crippen molar-refractivity contribution in [2.45, 2.75) is 25.7 Å². The van der Waals surface area contributed by atoms with Crippen LogP contribution in [0.5, 0.6) is 0 Å². The molecule has 1 aromatic heterocycles. The molecule has 0 amide bonds. The lowest BCUT2D eigenvalue weighted by molar-refractivity contribution is 0.460. The van der Waals surface area contributed by atoms with Crippen LogP contribution in [0.25, 0.3) is 10.9 Å². The molecule has 2 nitrogen and oxygen atoms in total. The van der Waals surface area contributed by atoms with Gasteiger partial charge in [-0.25, -0.2) is 0 Å². The van der Waals surface area contributed by atoms with Gasteiger partial charge >= 0.3 is 0 Å².